The van der Waals surface area contributed by atoms with E-state index in [2.05, 4.69) is 0 Å². The van der Waals surface area contributed by atoms with Crippen LogP contribution in [0, 0.1) is 0 Å². The van der Waals surface area contributed by atoms with Crippen LogP contribution in [0.2, 0.25) is 0 Å². The molecular weight excluding hydrogens is 249 g/mol. The number of hydrogen-bond donors (Lipinski definition) is 0. The van der Waals surface area contributed by atoms with Crippen molar-refractivity contribution in [1.82, 2.24) is 0 Å². The maximum atomic E-state index is 13.5. The van der Waals surface area contributed by atoms with Gasteiger partial charge in [0.1, 0.15) is 0 Å². The minimum absolute atomic E-state index is 0.143. The van der Waals surface area contributed by atoms with Crippen molar-refractivity contribution >= 4 is 0 Å². The van der Waals surface area contributed by atoms with Crippen molar-refractivity contribution in [3.8, 4) is 0 Å². The van der Waals surface area contributed by atoms with Gasteiger partial charge in [-0.2, -0.15) is 13.2 Å². The van der Waals surface area contributed by atoms with E-state index >= 15 is 0 Å². The second kappa shape index (κ2) is 4.12. The van der Waals surface area contributed by atoms with E-state index in [1.807, 2.05) is 6.07 Å². The Kier molecular flexibility index (Phi) is 2.66. The Morgan fingerprint density at radius 2 is 1.37 bits per heavy atom. The summed E-state index contributed by atoms with van der Waals surface area (Å²) in [6, 6.07) is 17.2. The summed E-state index contributed by atoms with van der Waals surface area (Å²) in [5.41, 5.74) is -0.560. The first-order chi connectivity index (χ1) is 9.06. The van der Waals surface area contributed by atoms with E-state index in [0.717, 1.165) is 5.56 Å². The van der Waals surface area contributed by atoms with E-state index in [0.29, 0.717) is 5.56 Å². The molecule has 1 saturated carbocycles. The number of alkyl halides is 3. The largest absolute Gasteiger partial charge is 0.399 e. The molecule has 0 aromatic heterocycles. The van der Waals surface area contributed by atoms with Crippen molar-refractivity contribution in [3.63, 3.8) is 0 Å². The topological polar surface area (TPSA) is 0 Å². The van der Waals surface area contributed by atoms with Gasteiger partial charge in [-0.3, -0.25) is 0 Å². The van der Waals surface area contributed by atoms with Gasteiger partial charge in [-0.15, -0.1) is 0 Å². The van der Waals surface area contributed by atoms with Crippen LogP contribution in [0.3, 0.4) is 0 Å². The molecule has 2 atom stereocenters. The third-order valence-electron chi connectivity index (χ3n) is 3.96. The van der Waals surface area contributed by atoms with Gasteiger partial charge in [0.2, 0.25) is 0 Å². The zero-order valence-electron chi connectivity index (χ0n) is 10.2. The van der Waals surface area contributed by atoms with Gasteiger partial charge < -0.3 is 0 Å². The number of benzene rings is 2. The number of hydrogen-bond acceptors (Lipinski definition) is 0. The van der Waals surface area contributed by atoms with E-state index in [1.54, 1.807) is 54.6 Å². The Labute approximate surface area is 109 Å². The van der Waals surface area contributed by atoms with E-state index in [4.69, 9.17) is 0 Å². The van der Waals surface area contributed by atoms with Crippen LogP contribution >= 0.6 is 0 Å². The molecule has 0 spiro atoms. The van der Waals surface area contributed by atoms with E-state index in [-0.39, 0.29) is 6.42 Å². The van der Waals surface area contributed by atoms with Crippen molar-refractivity contribution in [2.45, 2.75) is 23.9 Å². The second-order valence-electron chi connectivity index (χ2n) is 5.00. The Bertz CT molecular complexity index is 560. The van der Waals surface area contributed by atoms with Crippen LogP contribution in [-0.4, -0.2) is 6.18 Å². The second-order valence-corrected chi connectivity index (χ2v) is 5.00. The molecule has 0 nitrogen and oxygen atoms in total. The van der Waals surface area contributed by atoms with Crippen molar-refractivity contribution in [2.75, 3.05) is 0 Å². The van der Waals surface area contributed by atoms with Crippen LogP contribution in [0.25, 0.3) is 0 Å². The third kappa shape index (κ3) is 1.84. The summed E-state index contributed by atoms with van der Waals surface area (Å²) in [6.45, 7) is 0. The molecule has 0 bridgehead atoms. The van der Waals surface area contributed by atoms with E-state index in [9.17, 15) is 13.2 Å². The molecule has 0 saturated heterocycles. The first-order valence-corrected chi connectivity index (χ1v) is 6.23. The molecule has 2 aromatic rings. The molecule has 0 radical (unpaired) electrons. The standard InChI is InChI=1S/C16H13F3/c17-16(18,19)15(13-9-5-2-6-10-13)11-14(15)12-7-3-1-4-8-12/h1-10,14H,11H2/t14-,15-/m0/s1. The van der Waals surface area contributed by atoms with Crippen LogP contribution in [-0.2, 0) is 5.41 Å². The Morgan fingerprint density at radius 3 is 1.89 bits per heavy atom. The Morgan fingerprint density at radius 1 is 0.842 bits per heavy atom. The molecule has 0 amide bonds. The lowest BCUT2D eigenvalue weighted by Gasteiger charge is -2.22. The molecule has 1 fully saturated rings. The van der Waals surface area contributed by atoms with E-state index < -0.39 is 17.5 Å². The van der Waals surface area contributed by atoms with Crippen LogP contribution in [0.4, 0.5) is 13.2 Å². The lowest BCUT2D eigenvalue weighted by Crippen LogP contribution is -2.30. The zero-order valence-corrected chi connectivity index (χ0v) is 10.2. The minimum atomic E-state index is -4.21. The van der Waals surface area contributed by atoms with Crippen LogP contribution in [0.1, 0.15) is 23.5 Å². The highest BCUT2D eigenvalue weighted by atomic mass is 19.4. The SMILES string of the molecule is FC(F)(F)[C@]1(c2ccccc2)C[C@H]1c1ccccc1. The Hall–Kier alpha value is -1.77. The molecule has 2 aromatic carbocycles. The molecule has 0 N–H and O–H groups in total. The molecule has 0 unspecified atom stereocenters. The quantitative estimate of drug-likeness (QED) is 0.737. The van der Waals surface area contributed by atoms with E-state index in [1.165, 1.54) is 0 Å². The summed E-state index contributed by atoms with van der Waals surface area (Å²) in [5, 5.41) is 0. The van der Waals surface area contributed by atoms with Gasteiger partial charge in [0, 0.05) is 5.92 Å². The molecule has 1 aliphatic rings. The fraction of sp³-hybridized carbons (Fsp3) is 0.250. The molecule has 3 heteroatoms. The van der Waals surface area contributed by atoms with Crippen molar-refractivity contribution in [1.29, 1.82) is 0 Å². The van der Waals surface area contributed by atoms with Gasteiger partial charge in [0.05, 0.1) is 5.41 Å². The molecule has 98 valence electrons. The minimum Gasteiger partial charge on any atom is -0.170 e. The summed E-state index contributed by atoms with van der Waals surface area (Å²) in [4.78, 5) is 0. The number of rotatable bonds is 2. The summed E-state index contributed by atoms with van der Waals surface area (Å²) >= 11 is 0. The predicted molar refractivity (Wildman–Crippen MR) is 68.0 cm³/mol. The fourth-order valence-corrected chi connectivity index (χ4v) is 2.88. The fourth-order valence-electron chi connectivity index (χ4n) is 2.88. The highest BCUT2D eigenvalue weighted by Crippen LogP contribution is 2.67. The third-order valence-corrected chi connectivity index (χ3v) is 3.96. The maximum Gasteiger partial charge on any atom is 0.399 e. The van der Waals surface area contributed by atoms with Crippen LogP contribution < -0.4 is 0 Å². The number of halogens is 3. The highest BCUT2D eigenvalue weighted by molar-refractivity contribution is 5.45. The smallest absolute Gasteiger partial charge is 0.170 e. The van der Waals surface area contributed by atoms with Crippen molar-refractivity contribution < 1.29 is 13.2 Å². The average molecular weight is 262 g/mol. The highest BCUT2D eigenvalue weighted by Gasteiger charge is 2.71. The lowest BCUT2D eigenvalue weighted by atomic mass is 9.90. The monoisotopic (exact) mass is 262 g/mol. The first kappa shape index (κ1) is 12.3. The first-order valence-electron chi connectivity index (χ1n) is 6.23. The van der Waals surface area contributed by atoms with Gasteiger partial charge in [0.15, 0.2) is 0 Å². The van der Waals surface area contributed by atoms with Gasteiger partial charge in [0.25, 0.3) is 0 Å². The molecule has 19 heavy (non-hydrogen) atoms. The average Bonchev–Trinajstić information content (AvgIpc) is 3.17. The molecule has 3 rings (SSSR count). The molecule has 0 heterocycles. The lowest BCUT2D eigenvalue weighted by molar-refractivity contribution is -0.162. The van der Waals surface area contributed by atoms with Crippen molar-refractivity contribution in [2.24, 2.45) is 0 Å². The summed E-state index contributed by atoms with van der Waals surface area (Å²) in [6.07, 6.45) is -4.07. The molecule has 1 aliphatic carbocycles. The van der Waals surface area contributed by atoms with Gasteiger partial charge in [-0.1, -0.05) is 60.7 Å². The van der Waals surface area contributed by atoms with Gasteiger partial charge >= 0.3 is 6.18 Å². The zero-order chi connectivity index (χ0) is 13.5. The normalized spacial score (nSPS) is 26.2. The molecular formula is C16H13F3. The summed E-state index contributed by atoms with van der Waals surface area (Å²) < 4.78 is 40.6. The van der Waals surface area contributed by atoms with Crippen molar-refractivity contribution in [3.05, 3.63) is 71.8 Å². The predicted octanol–water partition coefficient (Wildman–Crippen LogP) is 4.67. The molecule has 0 aliphatic heterocycles. The summed E-state index contributed by atoms with van der Waals surface area (Å²) in [7, 11) is 0. The van der Waals surface area contributed by atoms with Crippen LogP contribution in [0.15, 0.2) is 60.7 Å². The van der Waals surface area contributed by atoms with Gasteiger partial charge in [-0.05, 0) is 17.5 Å². The Balaban J connectivity index is 2.04. The van der Waals surface area contributed by atoms with Crippen LogP contribution in [0.5, 0.6) is 0 Å². The van der Waals surface area contributed by atoms with Gasteiger partial charge in [-0.25, -0.2) is 0 Å². The summed E-state index contributed by atoms with van der Waals surface area (Å²) in [5.74, 6) is -0.462. The maximum absolute atomic E-state index is 13.5.